The van der Waals surface area contributed by atoms with Gasteiger partial charge in [-0.25, -0.2) is 0 Å². The normalized spacial score (nSPS) is 22.9. The van der Waals surface area contributed by atoms with Crippen molar-refractivity contribution in [1.29, 1.82) is 0 Å². The molecule has 1 aliphatic carbocycles. The molecule has 0 heteroatoms. The van der Waals surface area contributed by atoms with Gasteiger partial charge < -0.3 is 0 Å². The van der Waals surface area contributed by atoms with Crippen molar-refractivity contribution in [3.63, 3.8) is 0 Å². The van der Waals surface area contributed by atoms with Crippen LogP contribution in [0.15, 0.2) is 12.7 Å². The van der Waals surface area contributed by atoms with Gasteiger partial charge in [0.05, 0.1) is 0 Å². The molecule has 0 aromatic rings. The van der Waals surface area contributed by atoms with Gasteiger partial charge in [0, 0.05) is 0 Å². The first-order valence-electron chi connectivity index (χ1n) is 4.45. The van der Waals surface area contributed by atoms with Gasteiger partial charge in [-0.2, -0.15) is 0 Å². The fourth-order valence-electron chi connectivity index (χ4n) is 1.98. The van der Waals surface area contributed by atoms with Crippen LogP contribution in [-0.2, 0) is 0 Å². The Morgan fingerprint density at radius 1 is 1.50 bits per heavy atom. The molecule has 0 saturated heterocycles. The average Bonchev–Trinajstić information content (AvgIpc) is 2.38. The third-order valence-electron chi connectivity index (χ3n) is 2.74. The van der Waals surface area contributed by atoms with Gasteiger partial charge in [0.15, 0.2) is 0 Å². The van der Waals surface area contributed by atoms with E-state index in [0.717, 1.165) is 11.8 Å². The fraction of sp³-hybridized carbons (Fsp3) is 0.800. The van der Waals surface area contributed by atoms with Crippen molar-refractivity contribution in [3.05, 3.63) is 12.7 Å². The van der Waals surface area contributed by atoms with Crippen LogP contribution < -0.4 is 0 Å². The molecular weight excluding hydrogens is 120 g/mol. The van der Waals surface area contributed by atoms with Gasteiger partial charge in [0.2, 0.25) is 0 Å². The van der Waals surface area contributed by atoms with Crippen LogP contribution in [0.5, 0.6) is 0 Å². The van der Waals surface area contributed by atoms with Crippen LogP contribution in [0.25, 0.3) is 0 Å². The van der Waals surface area contributed by atoms with Gasteiger partial charge >= 0.3 is 0 Å². The summed E-state index contributed by atoms with van der Waals surface area (Å²) in [4.78, 5) is 0. The van der Waals surface area contributed by atoms with Crippen molar-refractivity contribution in [2.24, 2.45) is 11.8 Å². The molecule has 0 nitrogen and oxygen atoms in total. The highest BCUT2D eigenvalue weighted by Crippen LogP contribution is 2.32. The van der Waals surface area contributed by atoms with Gasteiger partial charge in [-0.15, -0.1) is 6.58 Å². The summed E-state index contributed by atoms with van der Waals surface area (Å²) in [7, 11) is 0. The third kappa shape index (κ3) is 1.86. The average molecular weight is 138 g/mol. The molecule has 1 rings (SSSR count). The van der Waals surface area contributed by atoms with Crippen LogP contribution in [0, 0.1) is 11.8 Å². The minimum atomic E-state index is 0.889. The van der Waals surface area contributed by atoms with E-state index >= 15 is 0 Å². The number of rotatable bonds is 3. The van der Waals surface area contributed by atoms with Crippen molar-refractivity contribution in [1.82, 2.24) is 0 Å². The van der Waals surface area contributed by atoms with E-state index < -0.39 is 0 Å². The standard InChI is InChI=1S/C10H18/c1-3-6-9(2)10-7-4-5-8-10/h3,9-10H,1,4-8H2,2H3/t9-/m0/s1. The van der Waals surface area contributed by atoms with Crippen LogP contribution in [0.4, 0.5) is 0 Å². The molecule has 0 unspecified atom stereocenters. The lowest BCUT2D eigenvalue weighted by atomic mass is 9.90. The monoisotopic (exact) mass is 138 g/mol. The summed E-state index contributed by atoms with van der Waals surface area (Å²) < 4.78 is 0. The van der Waals surface area contributed by atoms with Gasteiger partial charge in [-0.1, -0.05) is 38.7 Å². The predicted octanol–water partition coefficient (Wildman–Crippen LogP) is 3.39. The second kappa shape index (κ2) is 3.80. The summed E-state index contributed by atoms with van der Waals surface area (Å²) in [6, 6.07) is 0. The molecule has 0 amide bonds. The van der Waals surface area contributed by atoms with Crippen LogP contribution in [0.2, 0.25) is 0 Å². The van der Waals surface area contributed by atoms with Gasteiger partial charge in [-0.3, -0.25) is 0 Å². The van der Waals surface area contributed by atoms with Crippen molar-refractivity contribution in [2.45, 2.75) is 39.0 Å². The number of hydrogen-bond donors (Lipinski definition) is 0. The lowest BCUT2D eigenvalue weighted by Gasteiger charge is -2.15. The highest BCUT2D eigenvalue weighted by molar-refractivity contribution is 4.78. The molecule has 10 heavy (non-hydrogen) atoms. The quantitative estimate of drug-likeness (QED) is 0.524. The Bertz CT molecular complexity index is 98.6. The molecular formula is C10H18. The predicted molar refractivity (Wildman–Crippen MR) is 45.9 cm³/mol. The molecule has 1 saturated carbocycles. The summed E-state index contributed by atoms with van der Waals surface area (Å²) in [6.45, 7) is 6.13. The zero-order valence-electron chi connectivity index (χ0n) is 6.97. The van der Waals surface area contributed by atoms with Crippen LogP contribution in [0.3, 0.4) is 0 Å². The first-order chi connectivity index (χ1) is 4.84. The Labute approximate surface area is 64.3 Å². The van der Waals surface area contributed by atoms with E-state index in [2.05, 4.69) is 19.6 Å². The minimum Gasteiger partial charge on any atom is -0.103 e. The second-order valence-corrected chi connectivity index (χ2v) is 3.55. The maximum Gasteiger partial charge on any atom is -0.0325 e. The fourth-order valence-corrected chi connectivity index (χ4v) is 1.98. The summed E-state index contributed by atoms with van der Waals surface area (Å²) in [6.07, 6.45) is 9.13. The van der Waals surface area contributed by atoms with E-state index in [-0.39, 0.29) is 0 Å². The Hall–Kier alpha value is -0.260. The third-order valence-corrected chi connectivity index (χ3v) is 2.74. The van der Waals surface area contributed by atoms with E-state index in [9.17, 15) is 0 Å². The molecule has 1 fully saturated rings. The van der Waals surface area contributed by atoms with Crippen molar-refractivity contribution in [3.8, 4) is 0 Å². The van der Waals surface area contributed by atoms with Crippen LogP contribution in [-0.4, -0.2) is 0 Å². The lowest BCUT2D eigenvalue weighted by molar-refractivity contribution is 0.370. The summed E-state index contributed by atoms with van der Waals surface area (Å²) in [5.74, 6) is 1.90. The Balaban J connectivity index is 2.24. The van der Waals surface area contributed by atoms with Crippen LogP contribution >= 0.6 is 0 Å². The van der Waals surface area contributed by atoms with Crippen molar-refractivity contribution >= 4 is 0 Å². The van der Waals surface area contributed by atoms with Crippen LogP contribution in [0.1, 0.15) is 39.0 Å². The summed E-state index contributed by atoms with van der Waals surface area (Å²) in [5, 5.41) is 0. The molecule has 0 aromatic heterocycles. The van der Waals surface area contributed by atoms with Gasteiger partial charge in [0.1, 0.15) is 0 Å². The number of allylic oxidation sites excluding steroid dienone is 1. The molecule has 0 aliphatic heterocycles. The minimum absolute atomic E-state index is 0.889. The topological polar surface area (TPSA) is 0 Å². The van der Waals surface area contributed by atoms with E-state index in [1.54, 1.807) is 0 Å². The van der Waals surface area contributed by atoms with E-state index in [0.29, 0.717) is 0 Å². The molecule has 0 heterocycles. The van der Waals surface area contributed by atoms with E-state index in [4.69, 9.17) is 0 Å². The largest absolute Gasteiger partial charge is 0.103 e. The second-order valence-electron chi connectivity index (χ2n) is 3.55. The maximum atomic E-state index is 3.77. The van der Waals surface area contributed by atoms with Gasteiger partial charge in [-0.05, 0) is 18.3 Å². The molecule has 0 aromatic carbocycles. The SMILES string of the molecule is C=CC[C@H](C)C1CCCC1. The molecule has 0 radical (unpaired) electrons. The lowest BCUT2D eigenvalue weighted by Crippen LogP contribution is -2.05. The molecule has 0 bridgehead atoms. The molecule has 58 valence electrons. The molecule has 0 N–H and O–H groups in total. The summed E-state index contributed by atoms with van der Waals surface area (Å²) in [5.41, 5.74) is 0. The first kappa shape index (κ1) is 7.84. The van der Waals surface area contributed by atoms with Gasteiger partial charge in [0.25, 0.3) is 0 Å². The maximum absolute atomic E-state index is 3.77. The highest BCUT2D eigenvalue weighted by atomic mass is 14.2. The molecule has 0 spiro atoms. The molecule has 1 atom stereocenters. The Morgan fingerprint density at radius 2 is 2.10 bits per heavy atom. The smallest absolute Gasteiger partial charge is 0.0325 e. The Kier molecular flexibility index (Phi) is 2.98. The van der Waals surface area contributed by atoms with E-state index in [1.165, 1.54) is 32.1 Å². The zero-order valence-corrected chi connectivity index (χ0v) is 6.97. The highest BCUT2D eigenvalue weighted by Gasteiger charge is 2.19. The van der Waals surface area contributed by atoms with Crippen molar-refractivity contribution < 1.29 is 0 Å². The number of hydrogen-bond acceptors (Lipinski definition) is 0. The summed E-state index contributed by atoms with van der Waals surface area (Å²) >= 11 is 0. The molecule has 1 aliphatic rings. The zero-order chi connectivity index (χ0) is 7.40. The van der Waals surface area contributed by atoms with E-state index in [1.807, 2.05) is 0 Å². The Morgan fingerprint density at radius 3 is 2.60 bits per heavy atom. The van der Waals surface area contributed by atoms with Crippen molar-refractivity contribution in [2.75, 3.05) is 0 Å². The first-order valence-corrected chi connectivity index (χ1v) is 4.45.